The normalized spacial score (nSPS) is 16.2. The molecule has 0 saturated carbocycles. The molecule has 1 aliphatic rings. The van der Waals surface area contributed by atoms with Gasteiger partial charge in [0.05, 0.1) is 11.1 Å². The lowest BCUT2D eigenvalue weighted by Gasteiger charge is -2.21. The number of amides is 2. The van der Waals surface area contributed by atoms with Crippen LogP contribution in [0.4, 0.5) is 0 Å². The molecule has 1 aromatic carbocycles. The van der Waals surface area contributed by atoms with Crippen molar-refractivity contribution in [2.75, 3.05) is 14.1 Å². The van der Waals surface area contributed by atoms with Crippen molar-refractivity contribution in [3.05, 3.63) is 34.9 Å². The third kappa shape index (κ3) is 1.51. The fraction of sp³-hybridized carbons (Fsp3) is 0.333. The molecule has 0 aromatic heterocycles. The molecule has 1 heterocycles. The first-order chi connectivity index (χ1) is 7.52. The molecule has 0 spiro atoms. The van der Waals surface area contributed by atoms with E-state index in [2.05, 4.69) is 5.32 Å². The van der Waals surface area contributed by atoms with Crippen LogP contribution in [-0.4, -0.2) is 30.8 Å². The Kier molecular flexibility index (Phi) is 2.52. The van der Waals surface area contributed by atoms with Crippen LogP contribution in [0.2, 0.25) is 0 Å². The zero-order chi connectivity index (χ0) is 11.9. The fourth-order valence-electron chi connectivity index (χ4n) is 1.87. The highest BCUT2D eigenvalue weighted by Gasteiger charge is 2.30. The minimum atomic E-state index is -0.298. The molecule has 2 rings (SSSR count). The third-order valence-electron chi connectivity index (χ3n) is 3.02. The Labute approximate surface area is 94.2 Å². The average molecular weight is 218 g/mol. The quantitative estimate of drug-likeness (QED) is 0.759. The van der Waals surface area contributed by atoms with Gasteiger partial charge in [-0.2, -0.15) is 0 Å². The van der Waals surface area contributed by atoms with Crippen molar-refractivity contribution >= 4 is 11.8 Å². The number of imide groups is 1. The summed E-state index contributed by atoms with van der Waals surface area (Å²) >= 11 is 0. The fourth-order valence-corrected chi connectivity index (χ4v) is 1.87. The summed E-state index contributed by atoms with van der Waals surface area (Å²) in [5.41, 5.74) is 1.90. The van der Waals surface area contributed by atoms with E-state index in [-0.39, 0.29) is 17.9 Å². The SMILES string of the molecule is CC(c1cccc2c1C(=O)NC2=O)N(C)C. The van der Waals surface area contributed by atoms with Gasteiger partial charge in [0.15, 0.2) is 0 Å². The number of rotatable bonds is 2. The number of nitrogens with zero attached hydrogens (tertiary/aromatic N) is 1. The predicted molar refractivity (Wildman–Crippen MR) is 60.3 cm³/mol. The van der Waals surface area contributed by atoms with E-state index in [4.69, 9.17) is 0 Å². The van der Waals surface area contributed by atoms with Crippen LogP contribution in [-0.2, 0) is 0 Å². The first kappa shape index (κ1) is 10.8. The summed E-state index contributed by atoms with van der Waals surface area (Å²) in [4.78, 5) is 25.2. The number of nitrogens with one attached hydrogen (secondary N) is 1. The molecule has 0 radical (unpaired) electrons. The Morgan fingerprint density at radius 1 is 1.19 bits per heavy atom. The number of fused-ring (bicyclic) bond motifs is 1. The van der Waals surface area contributed by atoms with Crippen LogP contribution in [0.25, 0.3) is 0 Å². The van der Waals surface area contributed by atoms with E-state index in [1.165, 1.54) is 0 Å². The van der Waals surface area contributed by atoms with E-state index in [0.717, 1.165) is 5.56 Å². The van der Waals surface area contributed by atoms with E-state index in [9.17, 15) is 9.59 Å². The van der Waals surface area contributed by atoms with Crippen molar-refractivity contribution in [2.45, 2.75) is 13.0 Å². The smallest absolute Gasteiger partial charge is 0.259 e. The highest BCUT2D eigenvalue weighted by Crippen LogP contribution is 2.27. The van der Waals surface area contributed by atoms with E-state index in [1.54, 1.807) is 6.07 Å². The molecule has 16 heavy (non-hydrogen) atoms. The van der Waals surface area contributed by atoms with Crippen LogP contribution in [0.15, 0.2) is 18.2 Å². The molecule has 84 valence electrons. The third-order valence-corrected chi connectivity index (χ3v) is 3.02. The summed E-state index contributed by atoms with van der Waals surface area (Å²) in [7, 11) is 3.89. The standard InChI is InChI=1S/C12H14N2O2/c1-7(14(2)3)8-5-4-6-9-10(8)12(16)13-11(9)15/h4-7H,1-3H3,(H,13,15,16). The summed E-state index contributed by atoms with van der Waals surface area (Å²) in [5.74, 6) is -0.586. The lowest BCUT2D eigenvalue weighted by Crippen LogP contribution is -2.22. The number of benzene rings is 1. The number of hydrogen-bond donors (Lipinski definition) is 1. The van der Waals surface area contributed by atoms with Crippen molar-refractivity contribution in [3.8, 4) is 0 Å². The van der Waals surface area contributed by atoms with Crippen LogP contribution >= 0.6 is 0 Å². The van der Waals surface area contributed by atoms with Crippen LogP contribution < -0.4 is 5.32 Å². The Morgan fingerprint density at radius 3 is 2.50 bits per heavy atom. The molecule has 0 aliphatic carbocycles. The van der Waals surface area contributed by atoms with Gasteiger partial charge in [0.2, 0.25) is 0 Å². The molecule has 4 nitrogen and oxygen atoms in total. The highest BCUT2D eigenvalue weighted by atomic mass is 16.2. The van der Waals surface area contributed by atoms with Gasteiger partial charge in [0, 0.05) is 6.04 Å². The molecule has 2 amide bonds. The molecule has 1 atom stereocenters. The molecular weight excluding hydrogens is 204 g/mol. The minimum absolute atomic E-state index is 0.103. The largest absolute Gasteiger partial charge is 0.303 e. The van der Waals surface area contributed by atoms with Gasteiger partial charge in [-0.25, -0.2) is 0 Å². The predicted octanol–water partition coefficient (Wildman–Crippen LogP) is 1.19. The van der Waals surface area contributed by atoms with Gasteiger partial charge in [0.1, 0.15) is 0 Å². The van der Waals surface area contributed by atoms with Gasteiger partial charge < -0.3 is 4.90 Å². The van der Waals surface area contributed by atoms with Crippen LogP contribution in [0.3, 0.4) is 0 Å². The summed E-state index contributed by atoms with van der Waals surface area (Å²) in [6.45, 7) is 2.01. The van der Waals surface area contributed by atoms with Gasteiger partial charge >= 0.3 is 0 Å². The first-order valence-corrected chi connectivity index (χ1v) is 5.17. The number of hydrogen-bond acceptors (Lipinski definition) is 3. The summed E-state index contributed by atoms with van der Waals surface area (Å²) in [5, 5.41) is 2.32. The topological polar surface area (TPSA) is 49.4 Å². The zero-order valence-electron chi connectivity index (χ0n) is 9.57. The minimum Gasteiger partial charge on any atom is -0.303 e. The van der Waals surface area contributed by atoms with E-state index < -0.39 is 0 Å². The van der Waals surface area contributed by atoms with Gasteiger partial charge in [-0.05, 0) is 32.6 Å². The second-order valence-corrected chi connectivity index (χ2v) is 4.19. The summed E-state index contributed by atoms with van der Waals surface area (Å²) in [6, 6.07) is 5.49. The van der Waals surface area contributed by atoms with Crippen molar-refractivity contribution in [3.63, 3.8) is 0 Å². The lowest BCUT2D eigenvalue weighted by molar-refractivity contribution is 0.0879. The van der Waals surface area contributed by atoms with Crippen molar-refractivity contribution in [1.82, 2.24) is 10.2 Å². The van der Waals surface area contributed by atoms with Gasteiger partial charge in [-0.1, -0.05) is 12.1 Å². The second-order valence-electron chi connectivity index (χ2n) is 4.19. The average Bonchev–Trinajstić information content (AvgIpc) is 2.54. The molecule has 1 unspecified atom stereocenters. The van der Waals surface area contributed by atoms with E-state index in [0.29, 0.717) is 11.1 Å². The van der Waals surface area contributed by atoms with E-state index in [1.807, 2.05) is 38.1 Å². The number of carbonyl (C=O) groups excluding carboxylic acids is 2. The van der Waals surface area contributed by atoms with Crippen LogP contribution in [0, 0.1) is 0 Å². The van der Waals surface area contributed by atoms with Crippen LogP contribution in [0.5, 0.6) is 0 Å². The molecule has 0 fully saturated rings. The lowest BCUT2D eigenvalue weighted by atomic mass is 9.97. The first-order valence-electron chi connectivity index (χ1n) is 5.17. The molecule has 4 heteroatoms. The summed E-state index contributed by atoms with van der Waals surface area (Å²) in [6.07, 6.45) is 0. The summed E-state index contributed by atoms with van der Waals surface area (Å²) < 4.78 is 0. The Morgan fingerprint density at radius 2 is 1.88 bits per heavy atom. The van der Waals surface area contributed by atoms with Gasteiger partial charge in [0.25, 0.3) is 11.8 Å². The second kappa shape index (κ2) is 3.72. The zero-order valence-corrected chi connectivity index (χ0v) is 9.57. The monoisotopic (exact) mass is 218 g/mol. The van der Waals surface area contributed by atoms with Crippen molar-refractivity contribution in [2.24, 2.45) is 0 Å². The van der Waals surface area contributed by atoms with E-state index >= 15 is 0 Å². The van der Waals surface area contributed by atoms with Crippen LogP contribution in [0.1, 0.15) is 39.2 Å². The molecular formula is C12H14N2O2. The maximum Gasteiger partial charge on any atom is 0.259 e. The molecule has 1 aliphatic heterocycles. The molecule has 0 bridgehead atoms. The van der Waals surface area contributed by atoms with Gasteiger partial charge in [-0.3, -0.25) is 14.9 Å². The molecule has 1 aromatic rings. The molecule has 1 N–H and O–H groups in total. The molecule has 0 saturated heterocycles. The highest BCUT2D eigenvalue weighted by molar-refractivity contribution is 6.22. The number of carbonyl (C=O) groups is 2. The van der Waals surface area contributed by atoms with Crippen molar-refractivity contribution in [1.29, 1.82) is 0 Å². The Hall–Kier alpha value is -1.68. The Bertz CT molecular complexity index is 466. The van der Waals surface area contributed by atoms with Gasteiger partial charge in [-0.15, -0.1) is 0 Å². The Balaban J connectivity index is 2.57. The van der Waals surface area contributed by atoms with Crippen molar-refractivity contribution < 1.29 is 9.59 Å². The maximum atomic E-state index is 11.7. The maximum absolute atomic E-state index is 11.7.